The molecule has 5 nitrogen and oxygen atoms in total. The summed E-state index contributed by atoms with van der Waals surface area (Å²) >= 11 is 0. The summed E-state index contributed by atoms with van der Waals surface area (Å²) in [6.07, 6.45) is 0. The van der Waals surface area contributed by atoms with Crippen LogP contribution in [0.2, 0.25) is 0 Å². The Morgan fingerprint density at radius 3 is 2.44 bits per heavy atom. The van der Waals surface area contributed by atoms with E-state index in [2.05, 4.69) is 5.32 Å². The second-order valence-electron chi connectivity index (χ2n) is 4.04. The number of aryl methyl sites for hydroxylation is 1. The van der Waals surface area contributed by atoms with Crippen molar-refractivity contribution in [2.75, 3.05) is 12.4 Å². The van der Waals surface area contributed by atoms with Crippen LogP contribution >= 0.6 is 0 Å². The molecular formula is C12H13NO4S. The zero-order valence-corrected chi connectivity index (χ0v) is 10.7. The fourth-order valence-corrected chi connectivity index (χ4v) is 2.69. The number of aromatic hydroxyl groups is 1. The molecule has 0 aromatic heterocycles. The molecule has 3 N–H and O–H groups in total. The third-order valence-corrected chi connectivity index (χ3v) is 3.66. The van der Waals surface area contributed by atoms with E-state index in [1.54, 1.807) is 20.0 Å². The maximum atomic E-state index is 11.3. The predicted octanol–water partition coefficient (Wildman–Crippen LogP) is 2.14. The summed E-state index contributed by atoms with van der Waals surface area (Å²) in [7, 11) is -2.66. The zero-order valence-electron chi connectivity index (χ0n) is 9.93. The molecule has 0 aliphatic heterocycles. The van der Waals surface area contributed by atoms with E-state index in [-0.39, 0.29) is 10.6 Å². The third-order valence-electron chi connectivity index (χ3n) is 2.75. The molecule has 0 fully saturated rings. The molecule has 6 heteroatoms. The van der Waals surface area contributed by atoms with Crippen molar-refractivity contribution >= 4 is 26.6 Å². The molecule has 0 aliphatic carbocycles. The van der Waals surface area contributed by atoms with E-state index in [4.69, 9.17) is 0 Å². The van der Waals surface area contributed by atoms with Crippen LogP contribution in [-0.2, 0) is 10.1 Å². The monoisotopic (exact) mass is 267 g/mol. The number of benzene rings is 2. The minimum Gasteiger partial charge on any atom is -0.507 e. The van der Waals surface area contributed by atoms with Crippen LogP contribution in [0.5, 0.6) is 5.75 Å². The molecule has 2 aromatic carbocycles. The van der Waals surface area contributed by atoms with Crippen LogP contribution in [0.4, 0.5) is 5.69 Å². The first-order valence-corrected chi connectivity index (χ1v) is 6.70. The van der Waals surface area contributed by atoms with Gasteiger partial charge in [0.1, 0.15) is 10.6 Å². The molecule has 2 aromatic rings. The fourth-order valence-electron chi connectivity index (χ4n) is 2.01. The maximum Gasteiger partial charge on any atom is 0.295 e. The molecule has 0 unspecified atom stereocenters. The number of rotatable bonds is 2. The SMILES string of the molecule is CNc1ccc(S(=O)(=O)O)c2cc(C)cc(O)c12. The van der Waals surface area contributed by atoms with Crippen molar-refractivity contribution in [1.82, 2.24) is 0 Å². The number of fused-ring (bicyclic) bond motifs is 1. The van der Waals surface area contributed by atoms with Crippen molar-refractivity contribution in [1.29, 1.82) is 0 Å². The fraction of sp³-hybridized carbons (Fsp3) is 0.167. The molecule has 0 heterocycles. The van der Waals surface area contributed by atoms with Gasteiger partial charge in [-0.1, -0.05) is 0 Å². The van der Waals surface area contributed by atoms with Gasteiger partial charge in [0.2, 0.25) is 0 Å². The standard InChI is InChI=1S/C12H13NO4S/c1-7-5-8-11(18(15,16)17)4-3-9(13-2)12(8)10(14)6-7/h3-6,13-14H,1-2H3,(H,15,16,17). The topological polar surface area (TPSA) is 86.6 Å². The summed E-state index contributed by atoms with van der Waals surface area (Å²) < 4.78 is 31.8. The molecule has 0 saturated heterocycles. The van der Waals surface area contributed by atoms with E-state index in [1.165, 1.54) is 18.2 Å². The largest absolute Gasteiger partial charge is 0.507 e. The Bertz CT molecular complexity index is 722. The predicted molar refractivity (Wildman–Crippen MR) is 69.7 cm³/mol. The van der Waals surface area contributed by atoms with Crippen LogP contribution in [0.15, 0.2) is 29.2 Å². The molecule has 96 valence electrons. The normalized spacial score (nSPS) is 11.7. The van der Waals surface area contributed by atoms with E-state index in [0.717, 1.165) is 0 Å². The minimum absolute atomic E-state index is 0.0279. The molecule has 0 aliphatic rings. The second-order valence-corrected chi connectivity index (χ2v) is 5.43. The Hall–Kier alpha value is -1.79. The number of phenolic OH excluding ortho intramolecular Hbond substituents is 1. The number of hydrogen-bond donors (Lipinski definition) is 3. The zero-order chi connectivity index (χ0) is 13.5. The highest BCUT2D eigenvalue weighted by atomic mass is 32.2. The van der Waals surface area contributed by atoms with Gasteiger partial charge >= 0.3 is 0 Å². The van der Waals surface area contributed by atoms with Crippen molar-refractivity contribution < 1.29 is 18.1 Å². The Labute approximate surface area is 105 Å². The van der Waals surface area contributed by atoms with Crippen LogP contribution in [0.1, 0.15) is 5.56 Å². The summed E-state index contributed by atoms with van der Waals surface area (Å²) in [5, 5.41) is 13.5. The van der Waals surface area contributed by atoms with Gasteiger partial charge in [-0.15, -0.1) is 0 Å². The van der Waals surface area contributed by atoms with Gasteiger partial charge in [-0.25, -0.2) is 0 Å². The Kier molecular flexibility index (Phi) is 2.92. The quantitative estimate of drug-likeness (QED) is 0.726. The first-order chi connectivity index (χ1) is 8.34. The molecule has 0 bridgehead atoms. The van der Waals surface area contributed by atoms with Crippen molar-refractivity contribution in [3.63, 3.8) is 0 Å². The molecular weight excluding hydrogens is 254 g/mol. The van der Waals surface area contributed by atoms with Crippen molar-refractivity contribution in [2.45, 2.75) is 11.8 Å². The summed E-state index contributed by atoms with van der Waals surface area (Å²) in [6.45, 7) is 1.74. The highest BCUT2D eigenvalue weighted by molar-refractivity contribution is 7.86. The molecule has 0 amide bonds. The van der Waals surface area contributed by atoms with E-state index < -0.39 is 10.1 Å². The Morgan fingerprint density at radius 1 is 1.22 bits per heavy atom. The van der Waals surface area contributed by atoms with Crippen molar-refractivity contribution in [2.24, 2.45) is 0 Å². The van der Waals surface area contributed by atoms with Gasteiger partial charge in [0, 0.05) is 23.5 Å². The van der Waals surface area contributed by atoms with Gasteiger partial charge in [0.25, 0.3) is 10.1 Å². The average Bonchev–Trinajstić information content (AvgIpc) is 2.25. The summed E-state index contributed by atoms with van der Waals surface area (Å²) in [5.41, 5.74) is 1.30. The first-order valence-electron chi connectivity index (χ1n) is 5.26. The molecule has 0 spiro atoms. The van der Waals surface area contributed by atoms with E-state index in [0.29, 0.717) is 22.0 Å². The number of hydrogen-bond acceptors (Lipinski definition) is 4. The van der Waals surface area contributed by atoms with Gasteiger partial charge < -0.3 is 10.4 Å². The summed E-state index contributed by atoms with van der Waals surface area (Å²) in [5.74, 6) is -0.0279. The number of anilines is 1. The number of phenols is 1. The highest BCUT2D eigenvalue weighted by Gasteiger charge is 2.17. The smallest absolute Gasteiger partial charge is 0.295 e. The van der Waals surface area contributed by atoms with Crippen LogP contribution < -0.4 is 5.32 Å². The third kappa shape index (κ3) is 2.00. The van der Waals surface area contributed by atoms with E-state index in [9.17, 15) is 18.1 Å². The maximum absolute atomic E-state index is 11.3. The van der Waals surface area contributed by atoms with E-state index >= 15 is 0 Å². The van der Waals surface area contributed by atoms with Gasteiger partial charge in [-0.2, -0.15) is 8.42 Å². The van der Waals surface area contributed by atoms with Crippen LogP contribution in [0.25, 0.3) is 10.8 Å². The highest BCUT2D eigenvalue weighted by Crippen LogP contribution is 2.36. The number of nitrogens with one attached hydrogen (secondary N) is 1. The lowest BCUT2D eigenvalue weighted by atomic mass is 10.0. The molecule has 0 atom stereocenters. The molecule has 18 heavy (non-hydrogen) atoms. The lowest BCUT2D eigenvalue weighted by Gasteiger charge is -2.11. The molecule has 0 saturated carbocycles. The lowest BCUT2D eigenvalue weighted by Crippen LogP contribution is -2.01. The first kappa shape index (κ1) is 12.7. The molecule has 0 radical (unpaired) electrons. The van der Waals surface area contributed by atoms with Crippen LogP contribution in [-0.4, -0.2) is 25.1 Å². The Morgan fingerprint density at radius 2 is 1.89 bits per heavy atom. The van der Waals surface area contributed by atoms with Gasteiger partial charge in [0.15, 0.2) is 0 Å². The van der Waals surface area contributed by atoms with E-state index in [1.807, 2.05) is 0 Å². The Balaban J connectivity index is 3.02. The minimum atomic E-state index is -4.33. The van der Waals surface area contributed by atoms with Crippen molar-refractivity contribution in [3.8, 4) is 5.75 Å². The lowest BCUT2D eigenvalue weighted by molar-refractivity contribution is 0.481. The van der Waals surface area contributed by atoms with Gasteiger partial charge in [-0.3, -0.25) is 4.55 Å². The van der Waals surface area contributed by atoms with Crippen molar-refractivity contribution in [3.05, 3.63) is 29.8 Å². The van der Waals surface area contributed by atoms with Gasteiger partial charge in [-0.05, 0) is 36.8 Å². The van der Waals surface area contributed by atoms with Gasteiger partial charge in [0.05, 0.1) is 0 Å². The average molecular weight is 267 g/mol. The summed E-state index contributed by atoms with van der Waals surface area (Å²) in [6, 6.07) is 5.96. The summed E-state index contributed by atoms with van der Waals surface area (Å²) in [4.78, 5) is -0.212. The van der Waals surface area contributed by atoms with Crippen LogP contribution in [0, 0.1) is 6.92 Å². The van der Waals surface area contributed by atoms with Crippen LogP contribution in [0.3, 0.4) is 0 Å². The second kappa shape index (κ2) is 4.15. The molecule has 2 rings (SSSR count).